The first-order valence-corrected chi connectivity index (χ1v) is 12.0. The first-order chi connectivity index (χ1) is 17.0. The minimum atomic E-state index is -0.229. The second-order valence-corrected chi connectivity index (χ2v) is 8.75. The Kier molecular flexibility index (Phi) is 8.02. The second kappa shape index (κ2) is 11.5. The van der Waals surface area contributed by atoms with Crippen LogP contribution >= 0.6 is 11.8 Å². The number of nitrogens with zero attached hydrogens (tertiary/aromatic N) is 4. The number of hydrogen-bond donors (Lipinski definition) is 1. The zero-order valence-corrected chi connectivity index (χ0v) is 20.2. The molecule has 1 atom stereocenters. The second-order valence-electron chi connectivity index (χ2n) is 7.81. The molecule has 0 bridgehead atoms. The number of para-hydroxylation sites is 1. The maximum Gasteiger partial charge on any atom is 0.262 e. The summed E-state index contributed by atoms with van der Waals surface area (Å²) in [5.41, 5.74) is 2.54. The molecule has 1 amide bonds. The molecule has 8 nitrogen and oxygen atoms in total. The van der Waals surface area contributed by atoms with E-state index in [0.717, 1.165) is 5.69 Å². The molecule has 0 aliphatic rings. The summed E-state index contributed by atoms with van der Waals surface area (Å²) >= 11 is 1.22. The van der Waals surface area contributed by atoms with Crippen LogP contribution in [0.3, 0.4) is 0 Å². The predicted molar refractivity (Wildman–Crippen MR) is 139 cm³/mol. The van der Waals surface area contributed by atoms with Gasteiger partial charge in [-0.05, 0) is 55.5 Å². The maximum absolute atomic E-state index is 13.1. The van der Waals surface area contributed by atoms with E-state index in [4.69, 9.17) is 4.74 Å². The lowest BCUT2D eigenvalue weighted by Gasteiger charge is -2.18. The molecule has 0 saturated carbocycles. The van der Waals surface area contributed by atoms with Crippen molar-refractivity contribution < 1.29 is 9.53 Å². The van der Waals surface area contributed by atoms with Gasteiger partial charge in [0.05, 0.1) is 40.7 Å². The Labute approximate surface area is 207 Å². The van der Waals surface area contributed by atoms with Crippen LogP contribution in [0.4, 0.5) is 17.1 Å². The molecule has 0 fully saturated rings. The van der Waals surface area contributed by atoms with Gasteiger partial charge in [0, 0.05) is 12.8 Å². The van der Waals surface area contributed by atoms with Crippen molar-refractivity contribution >= 4 is 45.6 Å². The van der Waals surface area contributed by atoms with E-state index >= 15 is 0 Å². The van der Waals surface area contributed by atoms with Crippen LogP contribution < -0.4 is 10.9 Å². The average molecular weight is 488 g/mol. The molecule has 1 N–H and O–H groups in total. The first-order valence-electron chi connectivity index (χ1n) is 11.0. The van der Waals surface area contributed by atoms with Gasteiger partial charge >= 0.3 is 0 Å². The number of thioether (sulfide) groups is 1. The molecule has 1 heterocycles. The molecule has 4 aromatic rings. The van der Waals surface area contributed by atoms with Gasteiger partial charge in [-0.3, -0.25) is 14.2 Å². The van der Waals surface area contributed by atoms with Crippen LogP contribution in [0, 0.1) is 0 Å². The lowest BCUT2D eigenvalue weighted by molar-refractivity contribution is -0.113. The summed E-state index contributed by atoms with van der Waals surface area (Å²) in [5.74, 6) is -0.109. The summed E-state index contributed by atoms with van der Waals surface area (Å²) in [5, 5.41) is 12.3. The minimum Gasteiger partial charge on any atom is -0.383 e. The number of nitrogens with one attached hydrogen (secondary N) is 1. The van der Waals surface area contributed by atoms with E-state index in [2.05, 4.69) is 20.5 Å². The number of carbonyl (C=O) groups excluding carboxylic acids is 1. The molecular formula is C26H25N5O3S. The molecule has 3 aromatic carbocycles. The van der Waals surface area contributed by atoms with Crippen LogP contribution in [-0.2, 0) is 9.53 Å². The van der Waals surface area contributed by atoms with Gasteiger partial charge in [-0.15, -0.1) is 0 Å². The highest BCUT2D eigenvalue weighted by Gasteiger charge is 2.17. The monoisotopic (exact) mass is 487 g/mol. The third kappa shape index (κ3) is 6.20. The number of carbonyl (C=O) groups is 1. The molecule has 35 heavy (non-hydrogen) atoms. The third-order valence-corrected chi connectivity index (χ3v) is 6.10. The number of aromatic nitrogens is 2. The van der Waals surface area contributed by atoms with E-state index in [1.807, 2.05) is 49.4 Å². The normalized spacial score (nSPS) is 12.2. The van der Waals surface area contributed by atoms with Crippen LogP contribution in [0.5, 0.6) is 0 Å². The fourth-order valence-corrected chi connectivity index (χ4v) is 4.38. The molecule has 0 saturated heterocycles. The molecule has 9 heteroatoms. The van der Waals surface area contributed by atoms with Crippen molar-refractivity contribution in [2.45, 2.75) is 18.1 Å². The number of rotatable bonds is 9. The number of azo groups is 1. The molecule has 1 aromatic heterocycles. The van der Waals surface area contributed by atoms with Crippen LogP contribution in [0.2, 0.25) is 0 Å². The van der Waals surface area contributed by atoms with Crippen molar-refractivity contribution in [1.29, 1.82) is 0 Å². The molecule has 4 rings (SSSR count). The molecule has 0 radical (unpaired) electrons. The van der Waals surface area contributed by atoms with E-state index in [1.165, 1.54) is 11.8 Å². The maximum atomic E-state index is 13.1. The summed E-state index contributed by atoms with van der Waals surface area (Å²) in [7, 11) is 1.59. The lowest BCUT2D eigenvalue weighted by atomic mass is 10.2. The van der Waals surface area contributed by atoms with Crippen LogP contribution in [0.25, 0.3) is 10.9 Å². The largest absolute Gasteiger partial charge is 0.383 e. The van der Waals surface area contributed by atoms with Gasteiger partial charge in [-0.25, -0.2) is 4.98 Å². The Bertz CT molecular complexity index is 1390. The summed E-state index contributed by atoms with van der Waals surface area (Å²) in [6.07, 6.45) is 0. The summed E-state index contributed by atoms with van der Waals surface area (Å²) in [4.78, 5) is 30.4. The zero-order valence-electron chi connectivity index (χ0n) is 19.4. The fourth-order valence-electron chi connectivity index (χ4n) is 3.48. The number of methoxy groups -OCH3 is 1. The van der Waals surface area contributed by atoms with Crippen molar-refractivity contribution in [3.63, 3.8) is 0 Å². The number of benzene rings is 3. The van der Waals surface area contributed by atoms with Gasteiger partial charge in [-0.1, -0.05) is 42.1 Å². The fraction of sp³-hybridized carbons (Fsp3) is 0.192. The minimum absolute atomic E-state index is 0.0972. The predicted octanol–water partition coefficient (Wildman–Crippen LogP) is 5.75. The number of fused-ring (bicyclic) bond motifs is 1. The highest BCUT2D eigenvalue weighted by molar-refractivity contribution is 7.99. The highest BCUT2D eigenvalue weighted by atomic mass is 32.2. The number of anilines is 1. The van der Waals surface area contributed by atoms with Crippen LogP contribution in [0.15, 0.2) is 99.0 Å². The third-order valence-electron chi connectivity index (χ3n) is 5.14. The lowest BCUT2D eigenvalue weighted by Crippen LogP contribution is -2.29. The van der Waals surface area contributed by atoms with Crippen LogP contribution in [0.1, 0.15) is 13.0 Å². The van der Waals surface area contributed by atoms with Gasteiger partial charge in [0.15, 0.2) is 5.16 Å². The Balaban J connectivity index is 1.44. The van der Waals surface area contributed by atoms with Crippen molar-refractivity contribution in [3.8, 4) is 0 Å². The topological polar surface area (TPSA) is 97.9 Å². The van der Waals surface area contributed by atoms with E-state index in [-0.39, 0.29) is 23.3 Å². The van der Waals surface area contributed by atoms with Crippen molar-refractivity contribution in [3.05, 3.63) is 89.2 Å². The van der Waals surface area contributed by atoms with E-state index in [0.29, 0.717) is 34.0 Å². The summed E-state index contributed by atoms with van der Waals surface area (Å²) in [6, 6.07) is 23.5. The van der Waals surface area contributed by atoms with Gasteiger partial charge in [-0.2, -0.15) is 10.2 Å². The number of hydrogen-bond acceptors (Lipinski definition) is 7. The van der Waals surface area contributed by atoms with E-state index in [1.54, 1.807) is 48.1 Å². The highest BCUT2D eigenvalue weighted by Crippen LogP contribution is 2.23. The van der Waals surface area contributed by atoms with E-state index < -0.39 is 0 Å². The van der Waals surface area contributed by atoms with Gasteiger partial charge < -0.3 is 10.1 Å². The SMILES string of the molecule is COCC(C)n1c(SCC(=O)Nc2ccc(N=Nc3ccccc3)cc2)nc2ccccc2c1=O. The Morgan fingerprint density at radius 3 is 2.37 bits per heavy atom. The molecule has 178 valence electrons. The summed E-state index contributed by atoms with van der Waals surface area (Å²) in [6.45, 7) is 2.25. The van der Waals surface area contributed by atoms with Crippen molar-refractivity contribution in [2.75, 3.05) is 24.8 Å². The van der Waals surface area contributed by atoms with Gasteiger partial charge in [0.1, 0.15) is 0 Å². The van der Waals surface area contributed by atoms with Crippen molar-refractivity contribution in [2.24, 2.45) is 10.2 Å². The molecule has 0 aliphatic heterocycles. The Hall–Kier alpha value is -3.82. The summed E-state index contributed by atoms with van der Waals surface area (Å²) < 4.78 is 6.84. The average Bonchev–Trinajstić information content (AvgIpc) is 2.88. The zero-order chi connectivity index (χ0) is 24.6. The molecule has 0 spiro atoms. The molecular weight excluding hydrogens is 462 g/mol. The number of ether oxygens (including phenoxy) is 1. The van der Waals surface area contributed by atoms with Gasteiger partial charge in [0.2, 0.25) is 5.91 Å². The van der Waals surface area contributed by atoms with E-state index in [9.17, 15) is 9.59 Å². The first kappa shape index (κ1) is 24.3. The quantitative estimate of drug-likeness (QED) is 0.184. The van der Waals surface area contributed by atoms with Gasteiger partial charge in [0.25, 0.3) is 5.56 Å². The molecule has 0 aliphatic carbocycles. The van der Waals surface area contributed by atoms with Crippen molar-refractivity contribution in [1.82, 2.24) is 9.55 Å². The molecule has 1 unspecified atom stereocenters. The standard InChI is InChI=1S/C26H25N5O3S/c1-18(16-34-2)31-25(33)22-10-6-7-11-23(22)28-26(31)35-17-24(32)27-19-12-14-21(15-13-19)30-29-20-8-4-3-5-9-20/h3-15,18H,16-17H2,1-2H3,(H,27,32). The Morgan fingerprint density at radius 1 is 1.00 bits per heavy atom. The van der Waals surface area contributed by atoms with Crippen LogP contribution in [-0.4, -0.2) is 34.9 Å². The number of amides is 1. The Morgan fingerprint density at radius 2 is 1.66 bits per heavy atom. The smallest absolute Gasteiger partial charge is 0.262 e.